The van der Waals surface area contributed by atoms with Gasteiger partial charge in [0.2, 0.25) is 0 Å². The predicted molar refractivity (Wildman–Crippen MR) is 48.3 cm³/mol. The predicted octanol–water partition coefficient (Wildman–Crippen LogP) is 1.68. The summed E-state index contributed by atoms with van der Waals surface area (Å²) in [6.45, 7) is 2.37. The maximum absolute atomic E-state index is 13.9. The molecule has 1 aliphatic rings. The van der Waals surface area contributed by atoms with Gasteiger partial charge in [-0.3, -0.25) is 0 Å². The summed E-state index contributed by atoms with van der Waals surface area (Å²) in [5.41, 5.74) is -0.177. The zero-order chi connectivity index (χ0) is 9.47. The van der Waals surface area contributed by atoms with Gasteiger partial charge in [0.1, 0.15) is 11.4 Å². The maximum Gasteiger partial charge on any atom is 0.149 e. The van der Waals surface area contributed by atoms with Gasteiger partial charge in [-0.1, -0.05) is 12.1 Å². The number of hydrogen-bond donors (Lipinski definition) is 2. The highest BCUT2D eigenvalue weighted by Crippen LogP contribution is 2.37. The van der Waals surface area contributed by atoms with Gasteiger partial charge < -0.3 is 10.4 Å². The van der Waals surface area contributed by atoms with Crippen LogP contribution in [-0.2, 0) is 12.2 Å². The van der Waals surface area contributed by atoms with E-state index >= 15 is 0 Å². The van der Waals surface area contributed by atoms with E-state index in [2.05, 4.69) is 5.32 Å². The van der Waals surface area contributed by atoms with Gasteiger partial charge in [-0.05, 0) is 18.6 Å². The maximum atomic E-state index is 13.9. The van der Waals surface area contributed by atoms with Crippen molar-refractivity contribution in [1.29, 1.82) is 0 Å². The molecule has 3 heteroatoms. The van der Waals surface area contributed by atoms with Crippen LogP contribution in [0.4, 0.5) is 4.39 Å². The lowest BCUT2D eigenvalue weighted by atomic mass is 9.89. The van der Waals surface area contributed by atoms with Crippen LogP contribution in [0.25, 0.3) is 0 Å². The van der Waals surface area contributed by atoms with E-state index in [1.807, 2.05) is 6.07 Å². The summed E-state index contributed by atoms with van der Waals surface area (Å²) in [6, 6.07) is 5.10. The first-order valence-electron chi connectivity index (χ1n) is 4.32. The molecule has 1 heterocycles. The van der Waals surface area contributed by atoms with Crippen molar-refractivity contribution in [3.05, 3.63) is 29.3 Å². The molecule has 0 bridgehead atoms. The molecule has 0 aliphatic carbocycles. The van der Waals surface area contributed by atoms with E-state index in [9.17, 15) is 9.50 Å². The van der Waals surface area contributed by atoms with Crippen LogP contribution in [0.3, 0.4) is 0 Å². The monoisotopic (exact) mass is 181 g/mol. The van der Waals surface area contributed by atoms with Crippen molar-refractivity contribution in [2.45, 2.75) is 19.1 Å². The molecule has 0 spiro atoms. The van der Waals surface area contributed by atoms with E-state index in [4.69, 9.17) is 0 Å². The van der Waals surface area contributed by atoms with Gasteiger partial charge in [0.25, 0.3) is 0 Å². The van der Waals surface area contributed by atoms with Crippen LogP contribution in [0.15, 0.2) is 18.2 Å². The summed E-state index contributed by atoms with van der Waals surface area (Å²) in [5.74, 6) is 0.0593. The zero-order valence-electron chi connectivity index (χ0n) is 7.47. The molecule has 2 rings (SSSR count). The Labute approximate surface area is 76.4 Å². The van der Waals surface area contributed by atoms with Crippen LogP contribution in [-0.4, -0.2) is 11.7 Å². The fraction of sp³-hybridized carbons (Fsp3) is 0.400. The van der Waals surface area contributed by atoms with Gasteiger partial charge in [-0.15, -0.1) is 0 Å². The van der Waals surface area contributed by atoms with Gasteiger partial charge in [0.05, 0.1) is 0 Å². The standard InChI is InChI=1S/C10H12FNO/c1-10(11)6-12-5-7-3-2-4-8(13)9(7)10/h2-4,12-13H,5-6H2,1H3. The Hall–Kier alpha value is -1.09. The topological polar surface area (TPSA) is 32.3 Å². The average molecular weight is 181 g/mol. The molecule has 1 atom stereocenters. The summed E-state index contributed by atoms with van der Waals surface area (Å²) < 4.78 is 13.9. The molecule has 0 saturated heterocycles. The SMILES string of the molecule is CC1(F)CNCc2cccc(O)c21. The average Bonchev–Trinajstić information content (AvgIpc) is 2.02. The summed E-state index contributed by atoms with van der Waals surface area (Å²) in [7, 11) is 0. The normalized spacial score (nSPS) is 26.9. The number of rotatable bonds is 0. The van der Waals surface area contributed by atoms with Gasteiger partial charge in [-0.25, -0.2) is 4.39 Å². The Balaban J connectivity index is 2.61. The van der Waals surface area contributed by atoms with Crippen molar-refractivity contribution in [2.24, 2.45) is 0 Å². The second-order valence-electron chi connectivity index (χ2n) is 3.61. The number of halogens is 1. The molecule has 0 fully saturated rings. The van der Waals surface area contributed by atoms with E-state index in [-0.39, 0.29) is 12.3 Å². The van der Waals surface area contributed by atoms with Crippen molar-refractivity contribution in [2.75, 3.05) is 6.54 Å². The minimum atomic E-state index is -1.46. The molecular formula is C10H12FNO. The molecule has 1 aromatic carbocycles. The molecule has 1 aliphatic heterocycles. The molecule has 0 saturated carbocycles. The third kappa shape index (κ3) is 1.29. The molecular weight excluding hydrogens is 169 g/mol. The number of hydrogen-bond acceptors (Lipinski definition) is 2. The Morgan fingerprint density at radius 3 is 3.00 bits per heavy atom. The molecule has 1 unspecified atom stereocenters. The van der Waals surface area contributed by atoms with Gasteiger partial charge >= 0.3 is 0 Å². The molecule has 0 amide bonds. The van der Waals surface area contributed by atoms with Crippen molar-refractivity contribution in [3.63, 3.8) is 0 Å². The highest BCUT2D eigenvalue weighted by molar-refractivity contribution is 5.44. The number of alkyl halides is 1. The van der Waals surface area contributed by atoms with Crippen LogP contribution in [0.2, 0.25) is 0 Å². The molecule has 0 radical (unpaired) electrons. The third-order valence-electron chi connectivity index (χ3n) is 2.42. The molecule has 2 N–H and O–H groups in total. The van der Waals surface area contributed by atoms with Gasteiger partial charge in [-0.2, -0.15) is 0 Å². The van der Waals surface area contributed by atoms with Gasteiger partial charge in [0, 0.05) is 18.7 Å². The summed E-state index contributed by atoms with van der Waals surface area (Å²) in [6.07, 6.45) is 0. The van der Waals surface area contributed by atoms with Crippen molar-refractivity contribution in [1.82, 2.24) is 5.32 Å². The minimum absolute atomic E-state index is 0.0593. The van der Waals surface area contributed by atoms with E-state index < -0.39 is 5.67 Å². The van der Waals surface area contributed by atoms with Crippen LogP contribution in [0.1, 0.15) is 18.1 Å². The van der Waals surface area contributed by atoms with E-state index in [1.54, 1.807) is 6.07 Å². The number of nitrogens with one attached hydrogen (secondary N) is 1. The minimum Gasteiger partial charge on any atom is -0.508 e. The smallest absolute Gasteiger partial charge is 0.149 e. The van der Waals surface area contributed by atoms with E-state index in [0.29, 0.717) is 12.1 Å². The first-order chi connectivity index (χ1) is 6.11. The van der Waals surface area contributed by atoms with Crippen LogP contribution < -0.4 is 5.32 Å². The number of phenols is 1. The summed E-state index contributed by atoms with van der Waals surface area (Å²) in [5, 5.41) is 12.5. The van der Waals surface area contributed by atoms with Crippen molar-refractivity contribution < 1.29 is 9.50 Å². The van der Waals surface area contributed by atoms with E-state index in [1.165, 1.54) is 13.0 Å². The van der Waals surface area contributed by atoms with Crippen LogP contribution in [0.5, 0.6) is 5.75 Å². The number of benzene rings is 1. The third-order valence-corrected chi connectivity index (χ3v) is 2.42. The van der Waals surface area contributed by atoms with Gasteiger partial charge in [0.15, 0.2) is 0 Å². The Morgan fingerprint density at radius 2 is 2.31 bits per heavy atom. The lowest BCUT2D eigenvalue weighted by Crippen LogP contribution is -2.37. The molecule has 0 aromatic heterocycles. The first-order valence-corrected chi connectivity index (χ1v) is 4.32. The highest BCUT2D eigenvalue weighted by atomic mass is 19.1. The Morgan fingerprint density at radius 1 is 1.54 bits per heavy atom. The van der Waals surface area contributed by atoms with Crippen LogP contribution in [0, 0.1) is 0 Å². The fourth-order valence-corrected chi connectivity index (χ4v) is 1.86. The van der Waals surface area contributed by atoms with Crippen molar-refractivity contribution >= 4 is 0 Å². The fourth-order valence-electron chi connectivity index (χ4n) is 1.86. The number of phenolic OH excluding ortho intramolecular Hbond substituents is 1. The molecule has 2 nitrogen and oxygen atoms in total. The molecule has 13 heavy (non-hydrogen) atoms. The number of fused-ring (bicyclic) bond motifs is 1. The highest BCUT2D eigenvalue weighted by Gasteiger charge is 2.33. The lowest BCUT2D eigenvalue weighted by molar-refractivity contribution is 0.168. The van der Waals surface area contributed by atoms with E-state index in [0.717, 1.165) is 5.56 Å². The summed E-state index contributed by atoms with van der Waals surface area (Å²) in [4.78, 5) is 0. The lowest BCUT2D eigenvalue weighted by Gasteiger charge is -2.29. The molecule has 1 aromatic rings. The first kappa shape index (κ1) is 8.51. The van der Waals surface area contributed by atoms with Crippen LogP contribution >= 0.6 is 0 Å². The Kier molecular flexibility index (Phi) is 1.77. The number of aromatic hydroxyl groups is 1. The van der Waals surface area contributed by atoms with Crippen molar-refractivity contribution in [3.8, 4) is 5.75 Å². The second kappa shape index (κ2) is 2.70. The largest absolute Gasteiger partial charge is 0.508 e. The summed E-state index contributed by atoms with van der Waals surface area (Å²) >= 11 is 0. The molecule has 70 valence electrons. The quantitative estimate of drug-likeness (QED) is 0.638. The Bertz CT molecular complexity index is 336. The second-order valence-corrected chi connectivity index (χ2v) is 3.61. The zero-order valence-corrected chi connectivity index (χ0v) is 7.47.